The number of ether oxygens (including phenoxy) is 14. The molecule has 13 rings (SSSR count). The van der Waals surface area contributed by atoms with Crippen molar-refractivity contribution in [3.8, 4) is 16.9 Å². The van der Waals surface area contributed by atoms with E-state index in [0.717, 1.165) is 76.2 Å². The van der Waals surface area contributed by atoms with Gasteiger partial charge in [0.25, 0.3) is 27.8 Å². The van der Waals surface area contributed by atoms with Crippen LogP contribution in [0.1, 0.15) is 128 Å². The largest absolute Gasteiger partial charge is 0.491 e. The molecule has 141 heavy (non-hydrogen) atoms. The number of para-hydroxylation sites is 1. The molecule has 3 unspecified atom stereocenters. The van der Waals surface area contributed by atoms with Crippen molar-refractivity contribution in [3.05, 3.63) is 161 Å². The number of carboxylic acids is 1. The maximum atomic E-state index is 14.5. The second-order valence-corrected chi connectivity index (χ2v) is 39.5. The van der Waals surface area contributed by atoms with Gasteiger partial charge in [-0.05, 0) is 164 Å². The highest BCUT2D eigenvalue weighted by Crippen LogP contribution is 2.72. The van der Waals surface area contributed by atoms with E-state index in [1.807, 2.05) is 59.0 Å². The lowest BCUT2D eigenvalue weighted by Gasteiger charge is -2.69. The van der Waals surface area contributed by atoms with Gasteiger partial charge in [-0.25, -0.2) is 24.4 Å². The van der Waals surface area contributed by atoms with E-state index in [-0.39, 0.29) is 92.3 Å². The van der Waals surface area contributed by atoms with Crippen LogP contribution >= 0.6 is 11.3 Å². The van der Waals surface area contributed by atoms with Crippen LogP contribution in [0.4, 0.5) is 26.2 Å². The summed E-state index contributed by atoms with van der Waals surface area (Å²) in [6.45, 7) is 19.7. The number of aromatic carboxylic acids is 1. The van der Waals surface area contributed by atoms with Gasteiger partial charge in [0.15, 0.2) is 10.8 Å². The molecule has 768 valence electrons. The minimum Gasteiger partial charge on any atom is -0.491 e. The monoisotopic (exact) mass is 2000 g/mol. The molecule has 42 heteroatoms. The van der Waals surface area contributed by atoms with E-state index < -0.39 is 99.7 Å². The average Bonchev–Trinajstić information content (AvgIpc) is 1.05. The number of rotatable bonds is 64. The summed E-state index contributed by atoms with van der Waals surface area (Å²) in [4.78, 5) is 136. The van der Waals surface area contributed by atoms with Crippen molar-refractivity contribution in [1.82, 2.24) is 45.5 Å². The number of hydrogen-bond acceptors (Lipinski definition) is 30. The van der Waals surface area contributed by atoms with E-state index in [9.17, 15) is 61.2 Å². The van der Waals surface area contributed by atoms with Gasteiger partial charge in [0.2, 0.25) is 17.7 Å². The van der Waals surface area contributed by atoms with Gasteiger partial charge in [-0.3, -0.25) is 48.2 Å². The van der Waals surface area contributed by atoms with Gasteiger partial charge in [0.05, 0.1) is 173 Å². The highest BCUT2D eigenvalue weighted by atomic mass is 32.2. The molecule has 4 aromatic carbocycles. The van der Waals surface area contributed by atoms with Crippen LogP contribution in [0.2, 0.25) is 0 Å². The maximum Gasteiger partial charge on any atom is 0.410 e. The van der Waals surface area contributed by atoms with E-state index in [4.69, 9.17) is 82.1 Å². The van der Waals surface area contributed by atoms with Gasteiger partial charge in [-0.1, -0.05) is 87.6 Å². The van der Waals surface area contributed by atoms with Gasteiger partial charge < -0.3 is 108 Å². The summed E-state index contributed by atoms with van der Waals surface area (Å²) in [5, 5.41) is 30.0. The fourth-order valence-electron chi connectivity index (χ4n) is 19.7. The highest BCUT2D eigenvalue weighted by Gasteiger charge is 2.66. The number of benzene rings is 4. The Morgan fingerprint density at radius 3 is 1.77 bits per heavy atom. The topological polar surface area (TPSA) is 497 Å². The number of imide groups is 1. The Morgan fingerprint density at radius 1 is 0.617 bits per heavy atom. The van der Waals surface area contributed by atoms with E-state index in [2.05, 4.69) is 45.4 Å². The zero-order chi connectivity index (χ0) is 100. The summed E-state index contributed by atoms with van der Waals surface area (Å²) >= 11 is 1.39. The van der Waals surface area contributed by atoms with Gasteiger partial charge in [-0.2, -0.15) is 13.5 Å². The van der Waals surface area contributed by atoms with E-state index in [0.29, 0.717) is 209 Å². The summed E-state index contributed by atoms with van der Waals surface area (Å²) in [6, 6.07) is 25.0. The standard InChI is InChI=1S/C99H133N13O27S2/c1-68(2)86(107-90(117)81(112-84(113)26-27-85(112)114)57-70-18-22-74(23-19-70)137-55-54-136-53-52-135-51-50-134-49-48-133-47-46-132-45-44-131-43-42-130-41-40-129-39-38-128-37-36-127-35-34-126-6)91(118)104-80(14-10-29-101-93(100)121)89(116)103-73-20-16-71(17-21-73)60-138-95(122)109(32-56-141(123,124)125)31-33-139-99-64-96(4)61-97(5,65-99)63-98(62-96,66-99)67-111-69(3)77(58-102-111)75-24-25-83(106-87(75)92(119)120)110-30-28-72-11-9-12-76(78(72)59-110)88(115)108-94-105-79-13-7-8-15-82(79)140-94/h7-9,11-13,15-27,58,68,80-81,86H,10,14,28-57,59-67H2,1-6H3,(H,103,116)(H,104,118)(H,107,117)(H,119,120)(H3,100,101,121)(H,105,108,115)(H,123,124,125)/t80-,81-,86?,96?,97?,98?,99?/m0/s1. The minimum absolute atomic E-state index is 0.00214. The second-order valence-electron chi connectivity index (χ2n) is 36.9. The number of carbonyl (C=O) groups excluding carboxylic acids is 8. The molecule has 3 aromatic heterocycles. The number of urea groups is 1. The van der Waals surface area contributed by atoms with Gasteiger partial charge in [0.1, 0.15) is 42.9 Å². The summed E-state index contributed by atoms with van der Waals surface area (Å²) < 4.78 is 116. The van der Waals surface area contributed by atoms with Crippen LogP contribution < -0.4 is 42.0 Å². The summed E-state index contributed by atoms with van der Waals surface area (Å²) in [5.41, 5.74) is 10.1. The number of primary amides is 1. The molecule has 9 N–H and O–H groups in total. The van der Waals surface area contributed by atoms with Crippen LogP contribution in [0.3, 0.4) is 0 Å². The van der Waals surface area contributed by atoms with E-state index in [1.165, 1.54) is 28.4 Å². The van der Waals surface area contributed by atoms with Crippen LogP contribution in [0.15, 0.2) is 121 Å². The van der Waals surface area contributed by atoms with Crippen molar-refractivity contribution in [2.75, 3.05) is 207 Å². The zero-order valence-corrected chi connectivity index (χ0v) is 82.6. The first-order valence-corrected chi connectivity index (χ1v) is 50.2. The number of anilines is 3. The smallest absolute Gasteiger partial charge is 0.410 e. The molecule has 4 aliphatic carbocycles. The van der Waals surface area contributed by atoms with Crippen molar-refractivity contribution in [1.29, 1.82) is 0 Å². The first kappa shape index (κ1) is 109. The number of pyridine rings is 1. The fourth-order valence-corrected chi connectivity index (χ4v) is 21.0. The summed E-state index contributed by atoms with van der Waals surface area (Å²) in [5.74, 6) is -5.74. The Labute approximate surface area is 824 Å². The number of nitrogens with zero attached hydrogens (tertiary/aromatic N) is 7. The lowest BCUT2D eigenvalue weighted by Crippen LogP contribution is -2.64. The van der Waals surface area contributed by atoms with Gasteiger partial charge >= 0.3 is 18.1 Å². The summed E-state index contributed by atoms with van der Waals surface area (Å²) in [7, 11) is -2.93. The molecule has 0 saturated heterocycles. The van der Waals surface area contributed by atoms with Crippen LogP contribution in [-0.2, 0) is 128 Å². The Hall–Kier alpha value is -11.1. The normalized spacial score (nSPS) is 18.7. The highest BCUT2D eigenvalue weighted by molar-refractivity contribution is 7.85. The second kappa shape index (κ2) is 53.3. The third kappa shape index (κ3) is 33.0. The van der Waals surface area contributed by atoms with Crippen molar-refractivity contribution in [2.45, 2.75) is 142 Å². The lowest BCUT2D eigenvalue weighted by molar-refractivity contribution is -0.248. The third-order valence-electron chi connectivity index (χ3n) is 25.1. The van der Waals surface area contributed by atoms with Crippen LogP contribution in [0.25, 0.3) is 21.3 Å². The Balaban J connectivity index is 0.565. The molecule has 9 amide bonds. The molecular weight excluding hydrogens is 1870 g/mol. The quantitative estimate of drug-likeness (QED) is 0.0100. The fraction of sp³-hybridized carbons (Fsp3) is 0.556. The minimum atomic E-state index is -4.56. The molecule has 4 fully saturated rings. The molecule has 6 aliphatic rings. The van der Waals surface area contributed by atoms with Crippen molar-refractivity contribution in [3.63, 3.8) is 0 Å². The van der Waals surface area contributed by atoms with E-state index >= 15 is 0 Å². The van der Waals surface area contributed by atoms with E-state index in [1.54, 1.807) is 75.7 Å². The maximum absolute atomic E-state index is 14.5. The Kier molecular flexibility index (Phi) is 41.1. The first-order valence-electron chi connectivity index (χ1n) is 47.8. The van der Waals surface area contributed by atoms with Crippen LogP contribution in [-0.4, -0.2) is 316 Å². The summed E-state index contributed by atoms with van der Waals surface area (Å²) in [6.07, 6.45) is 8.32. The van der Waals surface area contributed by atoms with Gasteiger partial charge in [0, 0.05) is 93.0 Å². The molecule has 0 radical (unpaired) electrons. The molecule has 40 nitrogen and oxygen atoms in total. The molecular formula is C99H133N13O27S2. The number of thiazole rings is 1. The predicted molar refractivity (Wildman–Crippen MR) is 520 cm³/mol. The van der Waals surface area contributed by atoms with Gasteiger partial charge in [-0.15, -0.1) is 0 Å². The number of fused-ring (bicyclic) bond motifs is 2. The predicted octanol–water partition coefficient (Wildman–Crippen LogP) is 8.78. The van der Waals surface area contributed by atoms with Crippen molar-refractivity contribution >= 4 is 102 Å². The Bertz CT molecular complexity index is 5400. The molecule has 5 atom stereocenters. The first-order chi connectivity index (χ1) is 67.9. The van der Waals surface area contributed by atoms with Crippen LogP contribution in [0, 0.1) is 29.1 Å². The van der Waals surface area contributed by atoms with Crippen LogP contribution in [0.5, 0.6) is 5.75 Å². The third-order valence-corrected chi connectivity index (χ3v) is 26.8. The molecule has 0 spiro atoms. The number of aromatic nitrogens is 4. The number of carbonyl (C=O) groups is 9. The van der Waals surface area contributed by atoms with Crippen molar-refractivity contribution < 1.29 is 128 Å². The number of amides is 9. The zero-order valence-electron chi connectivity index (χ0n) is 81.0. The number of nitrogens with two attached hydrogens (primary N) is 1. The molecule has 7 aromatic rings. The molecule has 2 aliphatic heterocycles. The molecule has 5 heterocycles. The molecule has 4 saturated carbocycles. The van der Waals surface area contributed by atoms with Crippen molar-refractivity contribution in [2.24, 2.45) is 27.9 Å². The number of carboxylic acid groups (broad SMARTS) is 1. The lowest BCUT2D eigenvalue weighted by atomic mass is 9.39. The SMILES string of the molecule is COCCOCCOCCOCCOCCOCCOCCOCCOCCOCCOCCOc1ccc(C[C@@H](C(=O)NC(C(=O)N[C@@H](CCCNC(N)=O)C(=O)Nc2ccc(COC(=O)N(CCOC34CC5(C)CC(C)(CC(Cn6ncc(-c7ccc(N8CCc9cccc(C(=O)Nc%10nc%11ccccc%11s%10)c9C8)nc7C(=O)O)c6C)(C5)C3)C4)CCS(=O)(=O)O)cc2)C(C)C)N2C(=O)C=CC2=O)cc1. The average molecular weight is 2000 g/mol. The number of methoxy groups -OCH3 is 1. The number of nitrogens with one attached hydrogen (secondary N) is 5. The Morgan fingerprint density at radius 2 is 1.20 bits per heavy atom. The number of hydrogen-bond donors (Lipinski definition) is 8. The molecule has 4 bridgehead atoms.